The summed E-state index contributed by atoms with van der Waals surface area (Å²) >= 11 is 0. The number of ether oxygens (including phenoxy) is 3. The lowest BCUT2D eigenvalue weighted by molar-refractivity contribution is -0.146. The zero-order valence-electron chi connectivity index (χ0n) is 15.3. The third-order valence-corrected chi connectivity index (χ3v) is 3.42. The Morgan fingerprint density at radius 1 is 1.33 bits per heavy atom. The predicted molar refractivity (Wildman–Crippen MR) is 87.7 cm³/mol. The number of carbonyl (C=O) groups excluding carboxylic acids is 2. The van der Waals surface area contributed by atoms with Crippen LogP contribution in [-0.4, -0.2) is 79.3 Å². The third kappa shape index (κ3) is 8.47. The maximum atomic E-state index is 11.7. The van der Waals surface area contributed by atoms with Gasteiger partial charge in [0.05, 0.1) is 38.4 Å². The number of esters is 1. The van der Waals surface area contributed by atoms with Crippen LogP contribution in [0.25, 0.3) is 0 Å². The summed E-state index contributed by atoms with van der Waals surface area (Å²) in [6, 6.07) is 0. The largest absolute Gasteiger partial charge is 0.469 e. The summed E-state index contributed by atoms with van der Waals surface area (Å²) in [5, 5.41) is 13.1. The van der Waals surface area contributed by atoms with Crippen molar-refractivity contribution in [2.75, 3.05) is 39.9 Å². The van der Waals surface area contributed by atoms with E-state index in [9.17, 15) is 14.7 Å². The third-order valence-electron chi connectivity index (χ3n) is 3.42. The van der Waals surface area contributed by atoms with Gasteiger partial charge in [-0.25, -0.2) is 4.79 Å². The molecular formula is C16H30N2O6. The van der Waals surface area contributed by atoms with Gasteiger partial charge >= 0.3 is 12.1 Å². The first-order valence-electron chi connectivity index (χ1n) is 8.11. The van der Waals surface area contributed by atoms with Gasteiger partial charge in [-0.15, -0.1) is 0 Å². The fourth-order valence-corrected chi connectivity index (χ4v) is 2.43. The van der Waals surface area contributed by atoms with E-state index in [1.807, 2.05) is 4.90 Å². The molecule has 2 atom stereocenters. The van der Waals surface area contributed by atoms with Crippen molar-refractivity contribution in [2.45, 2.75) is 51.4 Å². The molecule has 1 fully saturated rings. The van der Waals surface area contributed by atoms with Crippen LogP contribution in [0, 0.1) is 0 Å². The van der Waals surface area contributed by atoms with Crippen molar-refractivity contribution in [2.24, 2.45) is 0 Å². The number of methoxy groups -OCH3 is 1. The lowest BCUT2D eigenvalue weighted by atomic mass is 10.1. The zero-order valence-corrected chi connectivity index (χ0v) is 15.3. The quantitative estimate of drug-likeness (QED) is 0.677. The number of rotatable bonds is 6. The van der Waals surface area contributed by atoms with Crippen LogP contribution in [0.3, 0.4) is 0 Å². The van der Waals surface area contributed by atoms with Crippen LogP contribution in [0.1, 0.15) is 34.1 Å². The first kappa shape index (κ1) is 20.7. The fourth-order valence-electron chi connectivity index (χ4n) is 2.43. The highest BCUT2D eigenvalue weighted by Gasteiger charge is 2.30. The van der Waals surface area contributed by atoms with Gasteiger partial charge in [0, 0.05) is 19.6 Å². The monoisotopic (exact) mass is 346 g/mol. The number of nitrogens with one attached hydrogen (secondary N) is 1. The van der Waals surface area contributed by atoms with Gasteiger partial charge in [-0.2, -0.15) is 0 Å². The molecule has 0 saturated carbocycles. The van der Waals surface area contributed by atoms with E-state index in [4.69, 9.17) is 9.47 Å². The number of hydrogen-bond acceptors (Lipinski definition) is 7. The standard InChI is InChI=1S/C16H30N2O6/c1-15(2,3)24-14(20)17-10-16(4,21)11-18-6-7-23-12(9-18)8-13(19)22-5/h12,21H,6-11H2,1-5H3,(H,17,20)/t12-,16-/m1/s1. The second-order valence-corrected chi connectivity index (χ2v) is 7.36. The van der Waals surface area contributed by atoms with E-state index in [0.29, 0.717) is 26.2 Å². The molecule has 1 rings (SSSR count). The molecule has 24 heavy (non-hydrogen) atoms. The van der Waals surface area contributed by atoms with E-state index in [1.165, 1.54) is 7.11 Å². The topological polar surface area (TPSA) is 97.3 Å². The SMILES string of the molecule is COC(=O)C[C@@H]1CN(C[C@](C)(O)CNC(=O)OC(C)(C)C)CCO1. The van der Waals surface area contributed by atoms with Crippen LogP contribution in [0.5, 0.6) is 0 Å². The van der Waals surface area contributed by atoms with Gasteiger partial charge in [-0.1, -0.05) is 0 Å². The summed E-state index contributed by atoms with van der Waals surface area (Å²) < 4.78 is 15.3. The maximum absolute atomic E-state index is 11.7. The highest BCUT2D eigenvalue weighted by atomic mass is 16.6. The van der Waals surface area contributed by atoms with Gasteiger partial charge in [0.15, 0.2) is 0 Å². The Morgan fingerprint density at radius 3 is 2.58 bits per heavy atom. The molecule has 140 valence electrons. The maximum Gasteiger partial charge on any atom is 0.407 e. The van der Waals surface area contributed by atoms with E-state index in [1.54, 1.807) is 27.7 Å². The molecule has 8 nitrogen and oxygen atoms in total. The van der Waals surface area contributed by atoms with Crippen molar-refractivity contribution in [3.05, 3.63) is 0 Å². The molecule has 0 spiro atoms. The van der Waals surface area contributed by atoms with Crippen molar-refractivity contribution >= 4 is 12.1 Å². The first-order chi connectivity index (χ1) is 11.0. The Hall–Kier alpha value is -1.38. The van der Waals surface area contributed by atoms with Gasteiger partial charge in [-0.3, -0.25) is 9.69 Å². The van der Waals surface area contributed by atoms with Crippen LogP contribution >= 0.6 is 0 Å². The Balaban J connectivity index is 2.42. The molecular weight excluding hydrogens is 316 g/mol. The summed E-state index contributed by atoms with van der Waals surface area (Å²) in [4.78, 5) is 25.0. The Bertz CT molecular complexity index is 433. The molecule has 1 heterocycles. The molecule has 0 bridgehead atoms. The van der Waals surface area contributed by atoms with E-state index < -0.39 is 17.3 Å². The smallest absolute Gasteiger partial charge is 0.407 e. The van der Waals surface area contributed by atoms with E-state index in [2.05, 4.69) is 10.1 Å². The molecule has 0 aromatic carbocycles. The van der Waals surface area contributed by atoms with Crippen LogP contribution in [0.15, 0.2) is 0 Å². The average Bonchev–Trinajstić information content (AvgIpc) is 2.43. The first-order valence-corrected chi connectivity index (χ1v) is 8.11. The summed E-state index contributed by atoms with van der Waals surface area (Å²) in [7, 11) is 1.34. The minimum atomic E-state index is -1.12. The van der Waals surface area contributed by atoms with Gasteiger partial charge in [0.1, 0.15) is 5.60 Å². The molecule has 0 aromatic rings. The number of nitrogens with zero attached hydrogens (tertiary/aromatic N) is 1. The van der Waals surface area contributed by atoms with Crippen molar-refractivity contribution in [3.63, 3.8) is 0 Å². The Labute approximate surface area is 143 Å². The molecule has 1 saturated heterocycles. The van der Waals surface area contributed by atoms with Gasteiger partial charge in [-0.05, 0) is 27.7 Å². The average molecular weight is 346 g/mol. The van der Waals surface area contributed by atoms with Crippen molar-refractivity contribution in [3.8, 4) is 0 Å². The highest BCUT2D eigenvalue weighted by molar-refractivity contribution is 5.69. The van der Waals surface area contributed by atoms with E-state index >= 15 is 0 Å². The number of amides is 1. The molecule has 1 amide bonds. The summed E-state index contributed by atoms with van der Waals surface area (Å²) in [5.41, 5.74) is -1.70. The van der Waals surface area contributed by atoms with Crippen molar-refractivity contribution in [1.29, 1.82) is 0 Å². The minimum absolute atomic E-state index is 0.0704. The predicted octanol–water partition coefficient (Wildman–Crippen LogP) is 0.526. The molecule has 0 aliphatic carbocycles. The Kier molecular flexibility index (Phi) is 7.44. The van der Waals surface area contributed by atoms with E-state index in [0.717, 1.165) is 0 Å². The number of aliphatic hydroxyl groups is 1. The second-order valence-electron chi connectivity index (χ2n) is 7.36. The second kappa shape index (κ2) is 8.64. The van der Waals surface area contributed by atoms with Crippen molar-refractivity contribution < 1.29 is 28.9 Å². The molecule has 2 N–H and O–H groups in total. The fraction of sp³-hybridized carbons (Fsp3) is 0.875. The lowest BCUT2D eigenvalue weighted by Gasteiger charge is -2.37. The molecule has 0 radical (unpaired) electrons. The highest BCUT2D eigenvalue weighted by Crippen LogP contribution is 2.14. The van der Waals surface area contributed by atoms with Gasteiger partial charge in [0.2, 0.25) is 0 Å². The molecule has 0 aromatic heterocycles. The zero-order chi connectivity index (χ0) is 18.4. The lowest BCUT2D eigenvalue weighted by Crippen LogP contribution is -2.53. The number of morpholine rings is 1. The van der Waals surface area contributed by atoms with Crippen LogP contribution in [0.2, 0.25) is 0 Å². The Morgan fingerprint density at radius 2 is 2.00 bits per heavy atom. The summed E-state index contributed by atoms with van der Waals surface area (Å²) in [5.74, 6) is -0.319. The number of hydrogen-bond donors (Lipinski definition) is 2. The van der Waals surface area contributed by atoms with Gasteiger partial charge < -0.3 is 24.6 Å². The molecule has 8 heteroatoms. The normalized spacial score (nSPS) is 21.7. The van der Waals surface area contributed by atoms with Gasteiger partial charge in [0.25, 0.3) is 0 Å². The van der Waals surface area contributed by atoms with Crippen LogP contribution in [0.4, 0.5) is 4.79 Å². The number of carbonyl (C=O) groups is 2. The van der Waals surface area contributed by atoms with Crippen molar-refractivity contribution in [1.82, 2.24) is 10.2 Å². The molecule has 1 aliphatic heterocycles. The van der Waals surface area contributed by atoms with E-state index in [-0.39, 0.29) is 25.0 Å². The van der Waals surface area contributed by atoms with Crippen LogP contribution < -0.4 is 5.32 Å². The minimum Gasteiger partial charge on any atom is -0.469 e. The number of alkyl carbamates (subject to hydrolysis) is 1. The molecule has 0 unspecified atom stereocenters. The van der Waals surface area contributed by atoms with Crippen LogP contribution in [-0.2, 0) is 19.0 Å². The summed E-state index contributed by atoms with van der Waals surface area (Å²) in [6.07, 6.45) is -0.625. The molecule has 1 aliphatic rings. The summed E-state index contributed by atoms with van der Waals surface area (Å²) in [6.45, 7) is 9.06. The number of β-amino-alcohol motifs (C(OH)–C–C–N with tert-alkyl or cyclic N) is 1.